The van der Waals surface area contributed by atoms with E-state index in [0.717, 1.165) is 48.9 Å². The van der Waals surface area contributed by atoms with Crippen molar-refractivity contribution >= 4 is 5.97 Å². The van der Waals surface area contributed by atoms with E-state index >= 15 is 0 Å². The van der Waals surface area contributed by atoms with E-state index in [1.807, 2.05) is 0 Å². The fourth-order valence-electron chi connectivity index (χ4n) is 8.57. The van der Waals surface area contributed by atoms with Crippen molar-refractivity contribution in [3.63, 3.8) is 0 Å². The van der Waals surface area contributed by atoms with Crippen LogP contribution in [-0.4, -0.2) is 11.1 Å². The molecule has 2 heteroatoms. The van der Waals surface area contributed by atoms with Gasteiger partial charge in [0.25, 0.3) is 0 Å². The molecule has 0 spiro atoms. The Morgan fingerprint density at radius 2 is 1.85 bits per heavy atom. The molecule has 4 rings (SSSR count). The van der Waals surface area contributed by atoms with Gasteiger partial charge in [-0.1, -0.05) is 33.6 Å². The van der Waals surface area contributed by atoms with Gasteiger partial charge in [0.1, 0.15) is 0 Å². The summed E-state index contributed by atoms with van der Waals surface area (Å²) >= 11 is 0. The molecule has 0 radical (unpaired) electrons. The third-order valence-corrected chi connectivity index (χ3v) is 9.98. The molecule has 4 saturated carbocycles. The first-order chi connectivity index (χ1) is 12.8. The summed E-state index contributed by atoms with van der Waals surface area (Å²) < 4.78 is 8.26. The van der Waals surface area contributed by atoms with E-state index in [2.05, 4.69) is 20.8 Å². The van der Waals surface area contributed by atoms with E-state index < -0.39 is 5.97 Å². The average molecular weight is 362 g/mol. The number of carboxylic acid groups (broad SMARTS) is 1. The van der Waals surface area contributed by atoms with Gasteiger partial charge in [0.05, 0.1) is 0 Å². The molecule has 4 aliphatic rings. The topological polar surface area (TPSA) is 37.3 Å². The quantitative estimate of drug-likeness (QED) is 0.617. The Kier molecular flexibility index (Phi) is 4.60. The normalized spacial score (nSPS) is 52.3. The molecule has 0 aromatic heterocycles. The molecule has 2 unspecified atom stereocenters. The second-order valence-corrected chi connectivity index (χ2v) is 10.9. The minimum atomic E-state index is -0.637. The van der Waals surface area contributed by atoms with Gasteiger partial charge in [-0.3, -0.25) is 4.79 Å². The summed E-state index contributed by atoms with van der Waals surface area (Å²) in [6.45, 7) is 7.48. The lowest BCUT2D eigenvalue weighted by Crippen LogP contribution is -2.53. The Morgan fingerprint density at radius 3 is 2.62 bits per heavy atom. The first kappa shape index (κ1) is 17.6. The monoisotopic (exact) mass is 361 g/mol. The highest BCUT2D eigenvalue weighted by atomic mass is 16.4. The van der Waals surface area contributed by atoms with Gasteiger partial charge >= 0.3 is 5.97 Å². The Hall–Kier alpha value is -0.530. The van der Waals surface area contributed by atoms with E-state index in [1.165, 1.54) is 44.9 Å². The minimum absolute atomic E-state index is 0.194. The Morgan fingerprint density at radius 1 is 1.08 bits per heavy atom. The van der Waals surface area contributed by atoms with Crippen molar-refractivity contribution in [2.45, 2.75) is 97.8 Å². The van der Waals surface area contributed by atoms with Crippen LogP contribution in [-0.2, 0) is 4.79 Å². The van der Waals surface area contributed by atoms with Crippen molar-refractivity contribution < 1.29 is 11.3 Å². The number of fused-ring (bicyclic) bond motifs is 5. The van der Waals surface area contributed by atoms with Gasteiger partial charge in [-0.05, 0) is 104 Å². The van der Waals surface area contributed by atoms with Crippen LogP contribution >= 0.6 is 0 Å². The number of hydrogen-bond donors (Lipinski definition) is 1. The maximum atomic E-state index is 11.0. The van der Waals surface area contributed by atoms with E-state index in [1.54, 1.807) is 0 Å². The zero-order valence-electron chi connectivity index (χ0n) is 18.2. The summed E-state index contributed by atoms with van der Waals surface area (Å²) in [6.07, 6.45) is 13.1. The van der Waals surface area contributed by atoms with Gasteiger partial charge in [-0.2, -0.15) is 0 Å². The van der Waals surface area contributed by atoms with Crippen LogP contribution in [0, 0.1) is 46.3 Å². The summed E-state index contributed by atoms with van der Waals surface area (Å²) in [5, 5.41) is 9.10. The molecule has 4 fully saturated rings. The second kappa shape index (κ2) is 6.82. The highest BCUT2D eigenvalue weighted by Crippen LogP contribution is 2.68. The fourth-order valence-corrected chi connectivity index (χ4v) is 8.57. The van der Waals surface area contributed by atoms with Crippen molar-refractivity contribution in [2.24, 2.45) is 46.3 Å². The summed E-state index contributed by atoms with van der Waals surface area (Å²) in [6, 6.07) is 0. The lowest BCUT2D eigenvalue weighted by molar-refractivity contribution is -0.137. The second-order valence-electron chi connectivity index (χ2n) is 10.9. The fraction of sp³-hybridized carbons (Fsp3) is 0.958. The van der Waals surface area contributed by atoms with Crippen LogP contribution < -0.4 is 0 Å². The van der Waals surface area contributed by atoms with Crippen molar-refractivity contribution in [1.82, 2.24) is 0 Å². The van der Waals surface area contributed by atoms with Crippen molar-refractivity contribution in [3.05, 3.63) is 0 Å². The van der Waals surface area contributed by atoms with E-state index in [4.69, 9.17) is 6.48 Å². The lowest BCUT2D eigenvalue weighted by atomic mass is 9.44. The molecule has 148 valence electrons. The maximum absolute atomic E-state index is 11.0. The lowest BCUT2D eigenvalue weighted by Gasteiger charge is -2.61. The van der Waals surface area contributed by atoms with Crippen LogP contribution in [0.3, 0.4) is 0 Å². The maximum Gasteiger partial charge on any atom is 0.303 e. The molecule has 0 aromatic carbocycles. The van der Waals surface area contributed by atoms with E-state index in [9.17, 15) is 4.79 Å². The van der Waals surface area contributed by atoms with Gasteiger partial charge < -0.3 is 5.11 Å². The summed E-state index contributed by atoms with van der Waals surface area (Å²) in [7, 11) is 0. The molecule has 2 nitrogen and oxygen atoms in total. The van der Waals surface area contributed by atoms with Gasteiger partial charge in [-0.15, -0.1) is 0 Å². The van der Waals surface area contributed by atoms with Crippen LogP contribution in [0.25, 0.3) is 0 Å². The minimum Gasteiger partial charge on any atom is -0.481 e. The van der Waals surface area contributed by atoms with Crippen LogP contribution in [0.4, 0.5) is 0 Å². The highest BCUT2D eigenvalue weighted by molar-refractivity contribution is 5.66. The first-order valence-electron chi connectivity index (χ1n) is 12.0. The van der Waals surface area contributed by atoms with E-state index in [0.29, 0.717) is 23.2 Å². The molecular weight excluding hydrogens is 320 g/mol. The molecule has 0 amide bonds. The number of carboxylic acids is 1. The molecule has 4 aliphatic carbocycles. The summed E-state index contributed by atoms with van der Waals surface area (Å²) in [5.74, 6) is 4.06. The summed E-state index contributed by atoms with van der Waals surface area (Å²) in [5.41, 5.74) is 0.934. The predicted molar refractivity (Wildman–Crippen MR) is 106 cm³/mol. The molecule has 9 atom stereocenters. The van der Waals surface area contributed by atoms with Crippen LogP contribution in [0.2, 0.25) is 0 Å². The van der Waals surface area contributed by atoms with Crippen LogP contribution in [0.15, 0.2) is 0 Å². The van der Waals surface area contributed by atoms with Gasteiger partial charge in [0, 0.05) is 7.79 Å². The Bertz CT molecular complexity index is 577. The Labute approximate surface area is 161 Å². The number of carbonyl (C=O) groups is 1. The molecule has 0 heterocycles. The molecule has 0 aromatic rings. The SMILES string of the molecule is [2H]C1CC[C@@]2(C)C(CC[C@H]3[C@@H]4CC[C@H]([C@H](C)CCC(=O)O)[C@@]4(C)CC[C@@H]32)C1. The summed E-state index contributed by atoms with van der Waals surface area (Å²) in [4.78, 5) is 11.0. The zero-order valence-corrected chi connectivity index (χ0v) is 17.2. The van der Waals surface area contributed by atoms with Crippen LogP contribution in [0.1, 0.15) is 99.2 Å². The Balaban J connectivity index is 1.51. The average Bonchev–Trinajstić information content (AvgIpc) is 2.97. The number of aliphatic carboxylic acids is 1. The third-order valence-electron chi connectivity index (χ3n) is 9.98. The van der Waals surface area contributed by atoms with Crippen molar-refractivity contribution in [1.29, 1.82) is 0 Å². The molecule has 0 saturated heterocycles. The number of rotatable bonds is 4. The first-order valence-corrected chi connectivity index (χ1v) is 11.4. The molecule has 0 aliphatic heterocycles. The van der Waals surface area contributed by atoms with Gasteiger partial charge in [0.15, 0.2) is 0 Å². The van der Waals surface area contributed by atoms with Crippen molar-refractivity contribution in [2.75, 3.05) is 0 Å². The standard InChI is InChI=1S/C24H40O2/c1-16(7-12-22(25)26)19-10-11-20-18-9-8-17-6-4-5-14-23(17,2)21(18)13-15-24(19,20)3/h16-21H,4-15H2,1-3H3,(H,25,26)/t16-,17?,18+,19-,20+,21+,23+,24-/m1/s1/i4D/t4?,16-,17?,18+,19-,20+,21+,23+,24-. The predicted octanol–water partition coefficient (Wildman–Crippen LogP) is 6.54. The molecule has 26 heavy (non-hydrogen) atoms. The van der Waals surface area contributed by atoms with Gasteiger partial charge in [0.2, 0.25) is 0 Å². The van der Waals surface area contributed by atoms with Crippen LogP contribution in [0.5, 0.6) is 0 Å². The van der Waals surface area contributed by atoms with E-state index in [-0.39, 0.29) is 6.40 Å². The smallest absolute Gasteiger partial charge is 0.303 e. The number of hydrogen-bond acceptors (Lipinski definition) is 1. The zero-order chi connectivity index (χ0) is 19.4. The third kappa shape index (κ3) is 2.85. The van der Waals surface area contributed by atoms with Crippen molar-refractivity contribution in [3.8, 4) is 0 Å². The molecular formula is C24H40O2. The molecule has 1 N–H and O–H groups in total. The highest BCUT2D eigenvalue weighted by Gasteiger charge is 2.60. The molecule has 0 bridgehead atoms. The van der Waals surface area contributed by atoms with Gasteiger partial charge in [-0.25, -0.2) is 0 Å². The largest absolute Gasteiger partial charge is 0.481 e.